The molecule has 1 heterocycles. The van der Waals surface area contributed by atoms with Crippen LogP contribution in [0.5, 0.6) is 5.75 Å². The lowest BCUT2D eigenvalue weighted by Crippen LogP contribution is -2.32. The molecular formula is C24H21NO5. The van der Waals surface area contributed by atoms with Gasteiger partial charge in [-0.2, -0.15) is 0 Å². The summed E-state index contributed by atoms with van der Waals surface area (Å²) >= 11 is 0. The number of hydrogen-bond acceptors (Lipinski definition) is 4. The molecular weight excluding hydrogens is 382 g/mol. The molecule has 0 unspecified atom stereocenters. The summed E-state index contributed by atoms with van der Waals surface area (Å²) in [4.78, 5) is 25.7. The Morgan fingerprint density at radius 1 is 1.03 bits per heavy atom. The second-order valence-electron chi connectivity index (χ2n) is 7.05. The zero-order chi connectivity index (χ0) is 21.1. The third-order valence-corrected chi connectivity index (χ3v) is 5.07. The van der Waals surface area contributed by atoms with Crippen molar-refractivity contribution in [3.63, 3.8) is 0 Å². The van der Waals surface area contributed by atoms with Gasteiger partial charge < -0.3 is 19.5 Å². The number of aromatic carboxylic acids is 1. The van der Waals surface area contributed by atoms with Crippen molar-refractivity contribution in [2.24, 2.45) is 0 Å². The summed E-state index contributed by atoms with van der Waals surface area (Å²) in [6.07, 6.45) is 0. The average Bonchev–Trinajstić information content (AvgIpc) is 2.92. The normalized spacial score (nSPS) is 13.5. The van der Waals surface area contributed by atoms with Crippen LogP contribution in [-0.4, -0.2) is 30.7 Å². The van der Waals surface area contributed by atoms with Gasteiger partial charge in [-0.15, -0.1) is 0 Å². The second kappa shape index (κ2) is 8.39. The zero-order valence-electron chi connectivity index (χ0n) is 16.5. The molecule has 0 saturated carbocycles. The Bertz CT molecular complexity index is 1110. The first-order chi connectivity index (χ1) is 14.5. The number of amides is 1. The molecule has 3 aromatic rings. The fourth-order valence-electron chi connectivity index (χ4n) is 3.56. The van der Waals surface area contributed by atoms with Crippen LogP contribution >= 0.6 is 0 Å². The highest BCUT2D eigenvalue weighted by molar-refractivity contribution is 5.96. The van der Waals surface area contributed by atoms with Gasteiger partial charge in [-0.1, -0.05) is 30.3 Å². The predicted octanol–water partition coefficient (Wildman–Crippen LogP) is 4.12. The molecule has 1 N–H and O–H groups in total. The largest absolute Gasteiger partial charge is 0.497 e. The van der Waals surface area contributed by atoms with Gasteiger partial charge in [0.2, 0.25) is 0 Å². The van der Waals surface area contributed by atoms with Crippen LogP contribution in [0.15, 0.2) is 66.7 Å². The van der Waals surface area contributed by atoms with Crippen LogP contribution in [0.25, 0.3) is 11.1 Å². The van der Waals surface area contributed by atoms with Crippen LogP contribution in [0.1, 0.15) is 21.5 Å². The van der Waals surface area contributed by atoms with Crippen molar-refractivity contribution in [3.05, 3.63) is 83.4 Å². The smallest absolute Gasteiger partial charge is 0.335 e. The molecule has 1 aliphatic rings. The molecule has 3 aromatic carbocycles. The highest BCUT2D eigenvalue weighted by Crippen LogP contribution is 2.31. The molecule has 0 bridgehead atoms. The molecule has 152 valence electrons. The lowest BCUT2D eigenvalue weighted by atomic mass is 9.99. The maximum atomic E-state index is 12.7. The van der Waals surface area contributed by atoms with E-state index in [1.54, 1.807) is 30.2 Å². The molecule has 0 fully saturated rings. The Kier molecular flexibility index (Phi) is 5.50. The van der Waals surface area contributed by atoms with Gasteiger partial charge in [-0.25, -0.2) is 4.79 Å². The van der Waals surface area contributed by atoms with Crippen molar-refractivity contribution in [2.75, 3.05) is 18.6 Å². The lowest BCUT2D eigenvalue weighted by Gasteiger charge is -2.23. The summed E-state index contributed by atoms with van der Waals surface area (Å²) in [7, 11) is 1.61. The van der Waals surface area contributed by atoms with Gasteiger partial charge in [0.1, 0.15) is 12.4 Å². The molecule has 6 nitrogen and oxygen atoms in total. The van der Waals surface area contributed by atoms with Crippen LogP contribution in [0.3, 0.4) is 0 Å². The first-order valence-electron chi connectivity index (χ1n) is 9.53. The number of fused-ring (bicyclic) bond motifs is 1. The minimum Gasteiger partial charge on any atom is -0.497 e. The molecule has 0 saturated heterocycles. The molecule has 1 amide bonds. The van der Waals surface area contributed by atoms with Gasteiger partial charge in [0, 0.05) is 11.3 Å². The third kappa shape index (κ3) is 4.04. The maximum absolute atomic E-state index is 12.7. The summed E-state index contributed by atoms with van der Waals surface area (Å²) in [6.45, 7) is 0.713. The van der Waals surface area contributed by atoms with E-state index >= 15 is 0 Å². The molecule has 0 radical (unpaired) electrons. The maximum Gasteiger partial charge on any atom is 0.335 e. The fourth-order valence-corrected chi connectivity index (χ4v) is 3.56. The number of nitrogens with zero attached hydrogens (tertiary/aromatic N) is 1. The van der Waals surface area contributed by atoms with Gasteiger partial charge in [-0.05, 0) is 53.1 Å². The van der Waals surface area contributed by atoms with Crippen molar-refractivity contribution in [1.29, 1.82) is 0 Å². The van der Waals surface area contributed by atoms with Gasteiger partial charge in [0.15, 0.2) is 0 Å². The monoisotopic (exact) mass is 403 g/mol. The first kappa shape index (κ1) is 19.7. The number of ether oxygens (including phenoxy) is 2. The molecule has 1 aliphatic heterocycles. The number of carboxylic acids is 1. The van der Waals surface area contributed by atoms with E-state index in [0.717, 1.165) is 33.7 Å². The second-order valence-corrected chi connectivity index (χ2v) is 7.05. The fraction of sp³-hybridized carbons (Fsp3) is 0.167. The molecule has 30 heavy (non-hydrogen) atoms. The van der Waals surface area contributed by atoms with Crippen molar-refractivity contribution < 1.29 is 24.2 Å². The summed E-state index contributed by atoms with van der Waals surface area (Å²) in [5.74, 6) is -0.345. The molecule has 0 aromatic heterocycles. The number of anilines is 1. The van der Waals surface area contributed by atoms with E-state index in [1.165, 1.54) is 0 Å². The molecule has 6 heteroatoms. The Morgan fingerprint density at radius 2 is 1.83 bits per heavy atom. The van der Waals surface area contributed by atoms with Crippen molar-refractivity contribution >= 4 is 17.6 Å². The topological polar surface area (TPSA) is 76.1 Å². The summed E-state index contributed by atoms with van der Waals surface area (Å²) in [5, 5.41) is 9.25. The summed E-state index contributed by atoms with van der Waals surface area (Å²) < 4.78 is 10.9. The van der Waals surface area contributed by atoms with Crippen LogP contribution in [0.4, 0.5) is 5.69 Å². The summed E-state index contributed by atoms with van der Waals surface area (Å²) in [5.41, 5.74) is 4.52. The zero-order valence-corrected chi connectivity index (χ0v) is 16.5. The van der Waals surface area contributed by atoms with E-state index in [9.17, 15) is 14.7 Å². The summed E-state index contributed by atoms with van der Waals surface area (Å²) in [6, 6.07) is 20.2. The molecule has 0 aliphatic carbocycles. The van der Waals surface area contributed by atoms with E-state index in [0.29, 0.717) is 13.2 Å². The molecule has 0 spiro atoms. The van der Waals surface area contributed by atoms with Crippen LogP contribution in [0.2, 0.25) is 0 Å². The van der Waals surface area contributed by atoms with Crippen molar-refractivity contribution in [2.45, 2.75) is 13.2 Å². The number of benzene rings is 3. The van der Waals surface area contributed by atoms with Crippen LogP contribution < -0.4 is 9.64 Å². The van der Waals surface area contributed by atoms with Gasteiger partial charge in [-0.3, -0.25) is 4.79 Å². The number of hydrogen-bond donors (Lipinski definition) is 1. The van der Waals surface area contributed by atoms with E-state index in [1.807, 2.05) is 48.5 Å². The first-order valence-corrected chi connectivity index (χ1v) is 9.53. The standard InChI is InChI=1S/C24H21NO5/c1-29-21-7-2-4-16(10-21)13-25-22-9-8-18(12-20(22)14-30-15-23(25)26)17-5-3-6-19(11-17)24(27)28/h2-12H,13-15H2,1H3,(H,27,28). The molecule has 0 atom stereocenters. The highest BCUT2D eigenvalue weighted by Gasteiger charge is 2.23. The highest BCUT2D eigenvalue weighted by atomic mass is 16.5. The Labute approximate surface area is 174 Å². The number of carbonyl (C=O) groups is 2. The van der Waals surface area contributed by atoms with Crippen LogP contribution in [0, 0.1) is 0 Å². The van der Waals surface area contributed by atoms with Gasteiger partial charge in [0.05, 0.1) is 25.8 Å². The number of carboxylic acid groups (broad SMARTS) is 1. The van der Waals surface area contributed by atoms with Crippen LogP contribution in [-0.2, 0) is 22.7 Å². The van der Waals surface area contributed by atoms with E-state index in [4.69, 9.17) is 9.47 Å². The van der Waals surface area contributed by atoms with Crippen molar-refractivity contribution in [3.8, 4) is 16.9 Å². The Balaban J connectivity index is 1.70. The van der Waals surface area contributed by atoms with Gasteiger partial charge >= 0.3 is 5.97 Å². The van der Waals surface area contributed by atoms with Gasteiger partial charge in [0.25, 0.3) is 5.91 Å². The number of methoxy groups -OCH3 is 1. The average molecular weight is 403 g/mol. The Morgan fingerprint density at radius 3 is 2.63 bits per heavy atom. The Hall–Kier alpha value is -3.64. The lowest BCUT2D eigenvalue weighted by molar-refractivity contribution is -0.123. The van der Waals surface area contributed by atoms with Crippen molar-refractivity contribution in [1.82, 2.24) is 0 Å². The van der Waals surface area contributed by atoms with E-state index in [2.05, 4.69) is 0 Å². The third-order valence-electron chi connectivity index (χ3n) is 5.07. The minimum absolute atomic E-state index is 0.00246. The SMILES string of the molecule is COc1cccc(CN2C(=O)COCc3cc(-c4cccc(C(=O)O)c4)ccc32)c1. The molecule has 4 rings (SSSR count). The number of carbonyl (C=O) groups excluding carboxylic acids is 1. The quantitative estimate of drug-likeness (QED) is 0.693. The number of rotatable bonds is 5. The minimum atomic E-state index is -0.968. The predicted molar refractivity (Wildman–Crippen MR) is 113 cm³/mol. The van der Waals surface area contributed by atoms with E-state index in [-0.39, 0.29) is 18.1 Å². The van der Waals surface area contributed by atoms with E-state index < -0.39 is 5.97 Å².